The van der Waals surface area contributed by atoms with Gasteiger partial charge in [-0.25, -0.2) is 0 Å². The summed E-state index contributed by atoms with van der Waals surface area (Å²) in [6.07, 6.45) is 0.838. The number of hydrogen-bond acceptors (Lipinski definition) is 5. The van der Waals surface area contributed by atoms with Gasteiger partial charge in [0.15, 0.2) is 0 Å². The van der Waals surface area contributed by atoms with Crippen molar-refractivity contribution in [3.8, 4) is 0 Å². The molecule has 7 unspecified atom stereocenters. The van der Waals surface area contributed by atoms with Crippen LogP contribution in [0.15, 0.2) is 0 Å². The Hall–Kier alpha value is 0.150. The van der Waals surface area contributed by atoms with E-state index in [-0.39, 0.29) is 27.5 Å². The summed E-state index contributed by atoms with van der Waals surface area (Å²) < 4.78 is 17.9. The molecule has 2 aliphatic rings. The minimum absolute atomic E-state index is 0.00619. The summed E-state index contributed by atoms with van der Waals surface area (Å²) in [6.45, 7) is 10.7. The molecule has 0 bridgehead atoms. The summed E-state index contributed by atoms with van der Waals surface area (Å²) in [7, 11) is 0. The molecule has 1 saturated carbocycles. The van der Waals surface area contributed by atoms with Gasteiger partial charge in [0.05, 0.1) is 10.5 Å². The average Bonchev–Trinajstić information content (AvgIpc) is 2.46. The lowest BCUT2D eigenvalue weighted by Crippen LogP contribution is -2.66. The molecule has 8 heteroatoms. The zero-order chi connectivity index (χ0) is 20.8. The summed E-state index contributed by atoms with van der Waals surface area (Å²) in [5.74, 6) is -0.889. The largest absolute Gasteiger partial charge is 0.462 e. The van der Waals surface area contributed by atoms with Crippen LogP contribution in [0.4, 0.5) is 0 Å². The molecule has 0 aromatic carbocycles. The van der Waals surface area contributed by atoms with Crippen molar-refractivity contribution < 1.29 is 23.8 Å². The van der Waals surface area contributed by atoms with Crippen LogP contribution in [-0.4, -0.2) is 49.9 Å². The van der Waals surface area contributed by atoms with Crippen LogP contribution in [0.1, 0.15) is 60.8 Å². The Kier molecular flexibility index (Phi) is 7.04. The fraction of sp³-hybridized carbons (Fsp3) is 0.895. The van der Waals surface area contributed by atoms with Crippen molar-refractivity contribution in [2.45, 2.75) is 98.7 Å². The van der Waals surface area contributed by atoms with Crippen LogP contribution in [-0.2, 0) is 23.8 Å². The smallest absolute Gasteiger partial charge is 0.303 e. The molecule has 1 aliphatic carbocycles. The maximum absolute atomic E-state index is 11.8. The van der Waals surface area contributed by atoms with E-state index in [1.54, 1.807) is 0 Å². The van der Waals surface area contributed by atoms with Crippen LogP contribution in [0.3, 0.4) is 0 Å². The van der Waals surface area contributed by atoms with Gasteiger partial charge in [0.2, 0.25) is 0 Å². The molecular weight excluding hydrogens is 503 g/mol. The van der Waals surface area contributed by atoms with Crippen LogP contribution in [0.25, 0.3) is 0 Å². The molecule has 1 aliphatic heterocycles. The van der Waals surface area contributed by atoms with Crippen LogP contribution in [0, 0.1) is 5.92 Å². The molecule has 0 spiro atoms. The maximum Gasteiger partial charge on any atom is 0.303 e. The Morgan fingerprint density at radius 3 is 2.07 bits per heavy atom. The van der Waals surface area contributed by atoms with Gasteiger partial charge in [-0.2, -0.15) is 0 Å². The molecule has 5 nitrogen and oxygen atoms in total. The van der Waals surface area contributed by atoms with Crippen LogP contribution in [0.5, 0.6) is 0 Å². The van der Waals surface area contributed by atoms with E-state index >= 15 is 0 Å². The van der Waals surface area contributed by atoms with E-state index in [2.05, 4.69) is 31.9 Å². The van der Waals surface area contributed by atoms with Gasteiger partial charge >= 0.3 is 11.9 Å². The highest BCUT2D eigenvalue weighted by molar-refractivity contribution is 9.09. The van der Waals surface area contributed by atoms with Gasteiger partial charge in [0.1, 0.15) is 17.8 Å². The third kappa shape index (κ3) is 5.01. The fourth-order valence-corrected chi connectivity index (χ4v) is 5.57. The molecule has 2 fully saturated rings. The highest BCUT2D eigenvalue weighted by Gasteiger charge is 2.59. The molecule has 1 heterocycles. The van der Waals surface area contributed by atoms with Crippen molar-refractivity contribution >= 4 is 55.4 Å². The highest BCUT2D eigenvalue weighted by atomic mass is 79.9. The van der Waals surface area contributed by atoms with Crippen molar-refractivity contribution in [1.82, 2.24) is 0 Å². The van der Waals surface area contributed by atoms with Crippen molar-refractivity contribution in [3.63, 3.8) is 0 Å². The Morgan fingerprint density at radius 1 is 1.00 bits per heavy atom. The fourth-order valence-electron chi connectivity index (χ4n) is 4.31. The predicted molar refractivity (Wildman–Crippen MR) is 112 cm³/mol. The number of carbonyl (C=O) groups excluding carboxylic acids is 2. The molecule has 7 atom stereocenters. The monoisotopic (exact) mass is 530 g/mol. The Balaban J connectivity index is 2.45. The van der Waals surface area contributed by atoms with Gasteiger partial charge < -0.3 is 14.2 Å². The first-order valence-corrected chi connectivity index (χ1v) is 11.4. The summed E-state index contributed by atoms with van der Waals surface area (Å²) in [5.41, 5.74) is -1.30. The Bertz CT molecular complexity index is 597. The number of hydrogen-bond donors (Lipinski definition) is 0. The second-order valence-corrected chi connectivity index (χ2v) is 11.7. The zero-order valence-electron chi connectivity index (χ0n) is 16.7. The van der Waals surface area contributed by atoms with E-state index in [0.29, 0.717) is 19.3 Å². The van der Waals surface area contributed by atoms with E-state index in [0.717, 1.165) is 0 Å². The van der Waals surface area contributed by atoms with Crippen molar-refractivity contribution in [3.05, 3.63) is 0 Å². The van der Waals surface area contributed by atoms with Gasteiger partial charge in [-0.05, 0) is 34.1 Å². The normalized spacial score (nSPS) is 44.4. The average molecular weight is 533 g/mol. The summed E-state index contributed by atoms with van der Waals surface area (Å²) >= 11 is 14.0. The van der Waals surface area contributed by atoms with E-state index < -0.39 is 28.3 Å². The standard InChI is InChI=1S/C19H29Br2ClO5/c1-10(23)25-13-9-18(5,22)15(21)7-12(13)19(6)16(26-11(2)24)8-14(20)17(3,4)27-19/h12-16H,7-9H2,1-6H3. The molecule has 0 N–H and O–H groups in total. The van der Waals surface area contributed by atoms with E-state index in [4.69, 9.17) is 25.8 Å². The molecule has 156 valence electrons. The second-order valence-electron chi connectivity index (χ2n) is 8.63. The van der Waals surface area contributed by atoms with Crippen LogP contribution < -0.4 is 0 Å². The van der Waals surface area contributed by atoms with Crippen molar-refractivity contribution in [1.29, 1.82) is 0 Å². The minimum Gasteiger partial charge on any atom is -0.462 e. The molecule has 0 radical (unpaired) electrons. The molecular formula is C19H29Br2ClO5. The first-order valence-electron chi connectivity index (χ1n) is 9.20. The van der Waals surface area contributed by atoms with Crippen molar-refractivity contribution in [2.75, 3.05) is 0 Å². The van der Waals surface area contributed by atoms with Crippen LogP contribution >= 0.6 is 43.5 Å². The lowest BCUT2D eigenvalue weighted by molar-refractivity contribution is -0.259. The number of carbonyl (C=O) groups is 2. The summed E-state index contributed by atoms with van der Waals surface area (Å²) in [5, 5.41) is 0. The first kappa shape index (κ1) is 23.4. The van der Waals surface area contributed by atoms with Gasteiger partial charge in [0.25, 0.3) is 0 Å². The van der Waals surface area contributed by atoms with Gasteiger partial charge in [-0.3, -0.25) is 9.59 Å². The number of halogens is 3. The molecule has 0 aromatic heterocycles. The summed E-state index contributed by atoms with van der Waals surface area (Å²) in [6, 6.07) is 0. The lowest BCUT2D eigenvalue weighted by atomic mass is 9.67. The maximum atomic E-state index is 11.8. The Labute approximate surface area is 183 Å². The predicted octanol–water partition coefficient (Wildman–Crippen LogP) is 4.74. The van der Waals surface area contributed by atoms with Gasteiger partial charge in [0, 0.05) is 42.3 Å². The Morgan fingerprint density at radius 2 is 1.56 bits per heavy atom. The van der Waals surface area contributed by atoms with E-state index in [1.165, 1.54) is 13.8 Å². The zero-order valence-corrected chi connectivity index (χ0v) is 20.6. The van der Waals surface area contributed by atoms with E-state index in [9.17, 15) is 9.59 Å². The lowest BCUT2D eigenvalue weighted by Gasteiger charge is -2.56. The highest BCUT2D eigenvalue weighted by Crippen LogP contribution is 2.52. The quantitative estimate of drug-likeness (QED) is 0.388. The van der Waals surface area contributed by atoms with Gasteiger partial charge in [-0.15, -0.1) is 11.6 Å². The second kappa shape index (κ2) is 8.11. The van der Waals surface area contributed by atoms with Gasteiger partial charge in [-0.1, -0.05) is 31.9 Å². The third-order valence-electron chi connectivity index (χ3n) is 5.82. The van der Waals surface area contributed by atoms with Crippen LogP contribution in [0.2, 0.25) is 0 Å². The molecule has 0 aromatic rings. The third-order valence-corrected chi connectivity index (χ3v) is 9.36. The summed E-state index contributed by atoms with van der Waals surface area (Å²) in [4.78, 5) is 23.0. The minimum atomic E-state index is -0.820. The molecule has 1 saturated heterocycles. The molecule has 2 rings (SSSR count). The number of ether oxygens (including phenoxy) is 3. The topological polar surface area (TPSA) is 61.8 Å². The number of esters is 2. The first-order chi connectivity index (χ1) is 12.2. The van der Waals surface area contributed by atoms with E-state index in [1.807, 2.05) is 27.7 Å². The van der Waals surface area contributed by atoms with Crippen molar-refractivity contribution in [2.24, 2.45) is 5.92 Å². The number of rotatable bonds is 3. The SMILES string of the molecule is CC(=O)OC1CC(C)(Cl)C(Br)CC1C1(C)OC(C)(C)C(Br)CC1OC(C)=O. The molecule has 27 heavy (non-hydrogen) atoms. The number of alkyl halides is 3. The molecule has 0 amide bonds.